The highest BCUT2D eigenvalue weighted by atomic mass is 16.6. The highest BCUT2D eigenvalue weighted by Gasteiger charge is 2.33. The van der Waals surface area contributed by atoms with Crippen LogP contribution in [0.4, 0.5) is 5.69 Å². The SMILES string of the molecule is CC(C)(CN1CCc2cc(C(=O)N[C@H]3CCOC3O)ccc21)C(=O)O. The van der Waals surface area contributed by atoms with Crippen LogP contribution in [0.5, 0.6) is 0 Å². The van der Waals surface area contributed by atoms with Crippen LogP contribution in [-0.2, 0) is 16.0 Å². The van der Waals surface area contributed by atoms with Crippen LogP contribution in [0.25, 0.3) is 0 Å². The van der Waals surface area contributed by atoms with Crippen molar-refractivity contribution in [3.05, 3.63) is 29.3 Å². The molecule has 1 fully saturated rings. The van der Waals surface area contributed by atoms with E-state index in [0.717, 1.165) is 24.2 Å². The van der Waals surface area contributed by atoms with Crippen molar-refractivity contribution >= 4 is 17.6 Å². The lowest BCUT2D eigenvalue weighted by atomic mass is 9.93. The van der Waals surface area contributed by atoms with Gasteiger partial charge in [0.1, 0.15) is 0 Å². The van der Waals surface area contributed by atoms with Gasteiger partial charge in [-0.2, -0.15) is 0 Å². The number of hydrogen-bond donors (Lipinski definition) is 3. The standard InChI is InChI=1S/C18H24N2O5/c1-18(2,17(23)24)10-20-7-5-11-9-12(3-4-14(11)20)15(21)19-13-6-8-25-16(13)22/h3-4,9,13,16,22H,5-8,10H2,1-2H3,(H,19,21)(H,23,24)/t13-,16?/m0/s1. The van der Waals surface area contributed by atoms with Crippen molar-refractivity contribution in [1.29, 1.82) is 0 Å². The van der Waals surface area contributed by atoms with Crippen LogP contribution in [0.1, 0.15) is 36.2 Å². The Balaban J connectivity index is 1.71. The molecule has 1 saturated heterocycles. The summed E-state index contributed by atoms with van der Waals surface area (Å²) < 4.78 is 5.04. The molecule has 7 heteroatoms. The molecule has 1 amide bonds. The van der Waals surface area contributed by atoms with Crippen LogP contribution in [-0.4, -0.2) is 54.1 Å². The minimum atomic E-state index is -0.952. The minimum Gasteiger partial charge on any atom is -0.481 e. The number of aliphatic hydroxyl groups is 1. The lowest BCUT2D eigenvalue weighted by molar-refractivity contribution is -0.146. The number of carbonyl (C=O) groups excluding carboxylic acids is 1. The number of aliphatic carboxylic acids is 1. The maximum atomic E-state index is 12.4. The fourth-order valence-corrected chi connectivity index (χ4v) is 3.29. The first kappa shape index (κ1) is 17.7. The van der Waals surface area contributed by atoms with Crippen molar-refractivity contribution in [3.8, 4) is 0 Å². The van der Waals surface area contributed by atoms with Crippen LogP contribution >= 0.6 is 0 Å². The molecule has 0 aliphatic carbocycles. The zero-order chi connectivity index (χ0) is 18.2. The molecule has 1 aromatic carbocycles. The lowest BCUT2D eigenvalue weighted by Crippen LogP contribution is -2.40. The average Bonchev–Trinajstić information content (AvgIpc) is 3.13. The number of amides is 1. The second-order valence-electron chi connectivity index (χ2n) is 7.33. The quantitative estimate of drug-likeness (QED) is 0.734. The van der Waals surface area contributed by atoms with Gasteiger partial charge < -0.3 is 25.2 Å². The maximum Gasteiger partial charge on any atom is 0.310 e. The van der Waals surface area contributed by atoms with E-state index >= 15 is 0 Å². The fraction of sp³-hybridized carbons (Fsp3) is 0.556. The third-order valence-corrected chi connectivity index (χ3v) is 4.88. The van der Waals surface area contributed by atoms with E-state index < -0.39 is 17.7 Å². The molecule has 2 aliphatic rings. The van der Waals surface area contributed by atoms with Gasteiger partial charge in [0.15, 0.2) is 6.29 Å². The fourth-order valence-electron chi connectivity index (χ4n) is 3.29. The van der Waals surface area contributed by atoms with Crippen molar-refractivity contribution in [2.75, 3.05) is 24.6 Å². The smallest absolute Gasteiger partial charge is 0.310 e. The number of carbonyl (C=O) groups is 2. The summed E-state index contributed by atoms with van der Waals surface area (Å²) >= 11 is 0. The Morgan fingerprint density at radius 2 is 2.16 bits per heavy atom. The van der Waals surface area contributed by atoms with Gasteiger partial charge in [0.25, 0.3) is 5.91 Å². The molecule has 1 aromatic rings. The highest BCUT2D eigenvalue weighted by Crippen LogP contribution is 2.32. The van der Waals surface area contributed by atoms with Crippen molar-refractivity contribution in [1.82, 2.24) is 5.32 Å². The number of ether oxygens (including phenoxy) is 1. The van der Waals surface area contributed by atoms with Gasteiger partial charge in [-0.1, -0.05) is 0 Å². The summed E-state index contributed by atoms with van der Waals surface area (Å²) in [7, 11) is 0. The van der Waals surface area contributed by atoms with E-state index in [1.807, 2.05) is 12.1 Å². The van der Waals surface area contributed by atoms with Gasteiger partial charge in [-0.05, 0) is 50.5 Å². The number of carboxylic acid groups (broad SMARTS) is 1. The molecule has 2 heterocycles. The predicted molar refractivity (Wildman–Crippen MR) is 91.6 cm³/mol. The average molecular weight is 348 g/mol. The van der Waals surface area contributed by atoms with E-state index in [4.69, 9.17) is 4.74 Å². The number of benzene rings is 1. The van der Waals surface area contributed by atoms with E-state index in [1.54, 1.807) is 19.9 Å². The molecule has 3 rings (SSSR count). The third-order valence-electron chi connectivity index (χ3n) is 4.88. The number of anilines is 1. The molecular formula is C18H24N2O5. The first-order chi connectivity index (χ1) is 11.8. The number of nitrogens with one attached hydrogen (secondary N) is 1. The first-order valence-corrected chi connectivity index (χ1v) is 8.50. The minimum absolute atomic E-state index is 0.235. The second-order valence-corrected chi connectivity index (χ2v) is 7.33. The number of hydrogen-bond acceptors (Lipinski definition) is 5. The maximum absolute atomic E-state index is 12.4. The summed E-state index contributed by atoms with van der Waals surface area (Å²) in [5, 5.41) is 21.7. The second kappa shape index (κ2) is 6.65. The van der Waals surface area contributed by atoms with Gasteiger partial charge in [0.2, 0.25) is 0 Å². The number of nitrogens with zero attached hydrogens (tertiary/aromatic N) is 1. The summed E-state index contributed by atoms with van der Waals surface area (Å²) in [6, 6.07) is 5.08. The topological polar surface area (TPSA) is 99.1 Å². The summed E-state index contributed by atoms with van der Waals surface area (Å²) in [6.07, 6.45) is 0.420. The Bertz CT molecular complexity index is 688. The molecule has 136 valence electrons. The summed E-state index contributed by atoms with van der Waals surface area (Å²) in [5.41, 5.74) is 1.72. The van der Waals surface area contributed by atoms with E-state index in [9.17, 15) is 19.8 Å². The van der Waals surface area contributed by atoms with Crippen LogP contribution in [0.2, 0.25) is 0 Å². The summed E-state index contributed by atoms with van der Waals surface area (Å²) in [5.74, 6) is -1.06. The van der Waals surface area contributed by atoms with E-state index in [2.05, 4.69) is 10.2 Å². The predicted octanol–water partition coefficient (Wildman–Crippen LogP) is 0.997. The Morgan fingerprint density at radius 1 is 1.40 bits per heavy atom. The van der Waals surface area contributed by atoms with Crippen LogP contribution in [0.3, 0.4) is 0 Å². The lowest BCUT2D eigenvalue weighted by Gasteiger charge is -2.28. The third kappa shape index (κ3) is 3.62. The Morgan fingerprint density at radius 3 is 2.80 bits per heavy atom. The van der Waals surface area contributed by atoms with Gasteiger partial charge >= 0.3 is 5.97 Å². The number of carboxylic acids is 1. The molecule has 0 spiro atoms. The molecule has 3 N–H and O–H groups in total. The highest BCUT2D eigenvalue weighted by molar-refractivity contribution is 5.95. The van der Waals surface area contributed by atoms with Gasteiger partial charge in [0.05, 0.1) is 18.1 Å². The zero-order valence-corrected chi connectivity index (χ0v) is 14.5. The first-order valence-electron chi connectivity index (χ1n) is 8.50. The van der Waals surface area contributed by atoms with Crippen molar-refractivity contribution in [2.24, 2.45) is 5.41 Å². The Labute approximate surface area is 146 Å². The van der Waals surface area contributed by atoms with E-state index in [-0.39, 0.29) is 11.9 Å². The van der Waals surface area contributed by atoms with Crippen molar-refractivity contribution in [3.63, 3.8) is 0 Å². The largest absolute Gasteiger partial charge is 0.481 e. The molecule has 0 bridgehead atoms. The van der Waals surface area contributed by atoms with Gasteiger partial charge in [0, 0.05) is 24.3 Å². The summed E-state index contributed by atoms with van der Waals surface area (Å²) in [4.78, 5) is 25.8. The molecule has 0 saturated carbocycles. The Hall–Kier alpha value is -2.12. The monoisotopic (exact) mass is 348 g/mol. The van der Waals surface area contributed by atoms with Gasteiger partial charge in [-0.3, -0.25) is 9.59 Å². The van der Waals surface area contributed by atoms with Crippen LogP contribution < -0.4 is 10.2 Å². The van der Waals surface area contributed by atoms with Crippen LogP contribution in [0.15, 0.2) is 18.2 Å². The van der Waals surface area contributed by atoms with Gasteiger partial charge in [-0.15, -0.1) is 0 Å². The van der Waals surface area contributed by atoms with E-state index in [0.29, 0.717) is 25.1 Å². The van der Waals surface area contributed by atoms with Crippen molar-refractivity contribution in [2.45, 2.75) is 39.0 Å². The molecule has 25 heavy (non-hydrogen) atoms. The Kier molecular flexibility index (Phi) is 4.71. The molecule has 2 aliphatic heterocycles. The molecule has 0 radical (unpaired) electrons. The molecule has 1 unspecified atom stereocenters. The molecule has 7 nitrogen and oxygen atoms in total. The molecule has 0 aromatic heterocycles. The normalized spacial score (nSPS) is 22.8. The van der Waals surface area contributed by atoms with E-state index in [1.165, 1.54) is 0 Å². The molecular weight excluding hydrogens is 324 g/mol. The van der Waals surface area contributed by atoms with Gasteiger partial charge in [-0.25, -0.2) is 0 Å². The molecule has 2 atom stereocenters. The van der Waals surface area contributed by atoms with Crippen LogP contribution in [0, 0.1) is 5.41 Å². The number of fused-ring (bicyclic) bond motifs is 1. The number of aliphatic hydroxyl groups excluding tert-OH is 1. The zero-order valence-electron chi connectivity index (χ0n) is 14.5. The number of rotatable bonds is 5. The van der Waals surface area contributed by atoms with Crippen molar-refractivity contribution < 1.29 is 24.5 Å². The summed E-state index contributed by atoms with van der Waals surface area (Å²) in [6.45, 7) is 5.03.